The third-order valence-corrected chi connectivity index (χ3v) is 6.58. The van der Waals surface area contributed by atoms with Gasteiger partial charge in [-0.1, -0.05) is 18.2 Å². The number of carbonyl (C=O) groups is 2. The predicted molar refractivity (Wildman–Crippen MR) is 114 cm³/mol. The quantitative estimate of drug-likeness (QED) is 0.741. The highest BCUT2D eigenvalue weighted by Gasteiger charge is 2.32. The van der Waals surface area contributed by atoms with Crippen molar-refractivity contribution in [3.63, 3.8) is 0 Å². The van der Waals surface area contributed by atoms with E-state index in [9.17, 15) is 9.59 Å². The summed E-state index contributed by atoms with van der Waals surface area (Å²) in [5.41, 5.74) is 0.806. The molecule has 0 radical (unpaired) electrons. The Morgan fingerprint density at radius 1 is 0.966 bits per heavy atom. The summed E-state index contributed by atoms with van der Waals surface area (Å²) in [6, 6.07) is 12.4. The van der Waals surface area contributed by atoms with Gasteiger partial charge in [-0.25, -0.2) is 0 Å². The summed E-state index contributed by atoms with van der Waals surface area (Å²) in [6.07, 6.45) is 4.05. The molecule has 0 aromatic heterocycles. The predicted octanol–water partition coefficient (Wildman–Crippen LogP) is 3.75. The van der Waals surface area contributed by atoms with Gasteiger partial charge < -0.3 is 9.64 Å². The molecule has 2 heterocycles. The number of nitrogens with zero attached hydrogens (tertiary/aromatic N) is 2. The van der Waals surface area contributed by atoms with Gasteiger partial charge in [0, 0.05) is 44.1 Å². The molecule has 0 N–H and O–H groups in total. The van der Waals surface area contributed by atoms with Crippen molar-refractivity contribution < 1.29 is 14.3 Å². The Kier molecular flexibility index (Phi) is 5.86. The zero-order valence-electron chi connectivity index (χ0n) is 17.4. The lowest BCUT2D eigenvalue weighted by Crippen LogP contribution is -2.50. The molecule has 5 nitrogen and oxygen atoms in total. The maximum Gasteiger partial charge on any atom is 0.219 e. The molecule has 2 saturated heterocycles. The van der Waals surface area contributed by atoms with Crippen molar-refractivity contribution >= 4 is 22.5 Å². The number of rotatable bonds is 4. The minimum atomic E-state index is 0.0604. The van der Waals surface area contributed by atoms with E-state index in [0.717, 1.165) is 73.9 Å². The molecule has 0 saturated carbocycles. The van der Waals surface area contributed by atoms with Crippen LogP contribution in [0.2, 0.25) is 0 Å². The molecule has 1 atom stereocenters. The summed E-state index contributed by atoms with van der Waals surface area (Å²) in [6.45, 7) is 5.22. The number of methoxy groups -OCH3 is 1. The van der Waals surface area contributed by atoms with Crippen LogP contribution >= 0.6 is 0 Å². The van der Waals surface area contributed by atoms with E-state index in [0.29, 0.717) is 6.04 Å². The van der Waals surface area contributed by atoms with Gasteiger partial charge in [0.2, 0.25) is 5.91 Å². The number of benzene rings is 2. The van der Waals surface area contributed by atoms with E-state index in [1.807, 2.05) is 41.3 Å². The van der Waals surface area contributed by atoms with E-state index in [1.165, 1.54) is 0 Å². The number of ketones is 1. The average Bonchev–Trinajstić information content (AvgIpc) is 2.78. The number of fused-ring (bicyclic) bond motifs is 1. The molecule has 29 heavy (non-hydrogen) atoms. The third-order valence-electron chi connectivity index (χ3n) is 6.58. The molecular weight excluding hydrogens is 364 g/mol. The van der Waals surface area contributed by atoms with Crippen molar-refractivity contribution in [2.75, 3.05) is 33.3 Å². The highest BCUT2D eigenvalue weighted by Crippen LogP contribution is 2.28. The van der Waals surface area contributed by atoms with Crippen molar-refractivity contribution in [1.82, 2.24) is 9.80 Å². The monoisotopic (exact) mass is 394 g/mol. The van der Waals surface area contributed by atoms with Crippen LogP contribution in [0.15, 0.2) is 36.4 Å². The first kappa shape index (κ1) is 19.9. The second kappa shape index (κ2) is 8.54. The Morgan fingerprint density at radius 2 is 1.69 bits per heavy atom. The maximum atomic E-state index is 13.2. The molecule has 0 aliphatic carbocycles. The van der Waals surface area contributed by atoms with Crippen LogP contribution < -0.4 is 4.74 Å². The van der Waals surface area contributed by atoms with E-state index >= 15 is 0 Å². The normalized spacial score (nSPS) is 21.3. The molecule has 2 aliphatic heterocycles. The molecule has 4 rings (SSSR count). The smallest absolute Gasteiger partial charge is 0.219 e. The molecule has 2 aromatic rings. The standard InChI is InChI=1S/C24H30N2O3/c1-17(27)25-12-9-22(10-13-25)26-11-3-4-21(16-26)24(28)20-6-5-19-15-23(29-2)8-7-18(19)14-20/h5-8,14-15,21-22H,3-4,9-13,16H2,1-2H3/t21-/m0/s1. The van der Waals surface area contributed by atoms with Gasteiger partial charge in [-0.05, 0) is 61.2 Å². The van der Waals surface area contributed by atoms with Gasteiger partial charge in [-0.2, -0.15) is 0 Å². The lowest BCUT2D eigenvalue weighted by atomic mass is 9.87. The fraction of sp³-hybridized carbons (Fsp3) is 0.500. The van der Waals surface area contributed by atoms with E-state index in [-0.39, 0.29) is 17.6 Å². The zero-order valence-corrected chi connectivity index (χ0v) is 17.4. The second-order valence-corrected chi connectivity index (χ2v) is 8.36. The minimum Gasteiger partial charge on any atom is -0.497 e. The lowest BCUT2D eigenvalue weighted by Gasteiger charge is -2.42. The highest BCUT2D eigenvalue weighted by molar-refractivity contribution is 6.01. The summed E-state index contributed by atoms with van der Waals surface area (Å²) in [4.78, 5) is 29.2. The Balaban J connectivity index is 1.43. The van der Waals surface area contributed by atoms with Crippen LogP contribution in [-0.4, -0.2) is 60.8 Å². The molecular formula is C24H30N2O3. The first-order valence-electron chi connectivity index (χ1n) is 10.7. The lowest BCUT2D eigenvalue weighted by molar-refractivity contribution is -0.130. The van der Waals surface area contributed by atoms with Crippen molar-refractivity contribution in [2.45, 2.75) is 38.6 Å². The number of piperidine rings is 2. The fourth-order valence-electron chi connectivity index (χ4n) is 4.84. The number of amides is 1. The number of likely N-dealkylation sites (tertiary alicyclic amines) is 2. The van der Waals surface area contributed by atoms with Gasteiger partial charge in [0.05, 0.1) is 7.11 Å². The number of Topliss-reactive ketones (excluding diaryl/α,β-unsaturated/α-hetero) is 1. The largest absolute Gasteiger partial charge is 0.497 e. The van der Waals surface area contributed by atoms with Crippen LogP contribution in [0.25, 0.3) is 10.8 Å². The Hall–Kier alpha value is -2.40. The molecule has 2 fully saturated rings. The van der Waals surface area contributed by atoms with Gasteiger partial charge >= 0.3 is 0 Å². The van der Waals surface area contributed by atoms with Crippen LogP contribution in [0.1, 0.15) is 43.0 Å². The first-order valence-corrected chi connectivity index (χ1v) is 10.7. The Morgan fingerprint density at radius 3 is 2.41 bits per heavy atom. The Bertz CT molecular complexity index is 902. The molecule has 2 aromatic carbocycles. The van der Waals surface area contributed by atoms with Gasteiger partial charge in [-0.15, -0.1) is 0 Å². The summed E-state index contributed by atoms with van der Waals surface area (Å²) in [5, 5.41) is 2.16. The second-order valence-electron chi connectivity index (χ2n) is 8.36. The van der Waals surface area contributed by atoms with Crippen molar-refractivity contribution in [2.24, 2.45) is 5.92 Å². The first-order chi connectivity index (χ1) is 14.0. The van der Waals surface area contributed by atoms with E-state index in [2.05, 4.69) is 4.90 Å². The van der Waals surface area contributed by atoms with Crippen molar-refractivity contribution in [1.29, 1.82) is 0 Å². The molecule has 5 heteroatoms. The van der Waals surface area contributed by atoms with Crippen LogP contribution in [0, 0.1) is 5.92 Å². The van der Waals surface area contributed by atoms with Crippen LogP contribution in [0.4, 0.5) is 0 Å². The number of hydrogen-bond donors (Lipinski definition) is 0. The van der Waals surface area contributed by atoms with E-state index < -0.39 is 0 Å². The highest BCUT2D eigenvalue weighted by atomic mass is 16.5. The maximum absolute atomic E-state index is 13.2. The SMILES string of the molecule is COc1ccc2cc(C(=O)[C@H]3CCCN(C4CCN(C(C)=O)CC4)C3)ccc2c1. The van der Waals surface area contributed by atoms with Crippen molar-refractivity contribution in [3.8, 4) is 5.75 Å². The van der Waals surface area contributed by atoms with E-state index in [1.54, 1.807) is 14.0 Å². The molecule has 0 unspecified atom stereocenters. The van der Waals surface area contributed by atoms with Gasteiger partial charge in [-0.3, -0.25) is 14.5 Å². The fourth-order valence-corrected chi connectivity index (χ4v) is 4.84. The Labute approximate surface area is 172 Å². The summed E-state index contributed by atoms with van der Waals surface area (Å²) in [7, 11) is 1.66. The zero-order chi connectivity index (χ0) is 20.4. The summed E-state index contributed by atoms with van der Waals surface area (Å²) >= 11 is 0. The van der Waals surface area contributed by atoms with Crippen LogP contribution in [0.3, 0.4) is 0 Å². The summed E-state index contributed by atoms with van der Waals surface area (Å²) in [5.74, 6) is 1.32. The number of hydrogen-bond acceptors (Lipinski definition) is 4. The average molecular weight is 395 g/mol. The minimum absolute atomic E-state index is 0.0604. The van der Waals surface area contributed by atoms with E-state index in [4.69, 9.17) is 4.74 Å². The third kappa shape index (κ3) is 4.30. The number of ether oxygens (including phenoxy) is 1. The molecule has 1 amide bonds. The van der Waals surface area contributed by atoms with Gasteiger partial charge in [0.15, 0.2) is 5.78 Å². The van der Waals surface area contributed by atoms with Gasteiger partial charge in [0.1, 0.15) is 5.75 Å². The molecule has 2 aliphatic rings. The summed E-state index contributed by atoms with van der Waals surface area (Å²) < 4.78 is 5.29. The van der Waals surface area contributed by atoms with Crippen molar-refractivity contribution in [3.05, 3.63) is 42.0 Å². The number of carbonyl (C=O) groups excluding carboxylic acids is 2. The molecule has 0 spiro atoms. The van der Waals surface area contributed by atoms with Crippen LogP contribution in [0.5, 0.6) is 5.75 Å². The topological polar surface area (TPSA) is 49.9 Å². The molecule has 154 valence electrons. The van der Waals surface area contributed by atoms with Gasteiger partial charge in [0.25, 0.3) is 0 Å². The van der Waals surface area contributed by atoms with Crippen LogP contribution in [-0.2, 0) is 4.79 Å². The molecule has 0 bridgehead atoms.